The zero-order chi connectivity index (χ0) is 46.4. The lowest BCUT2D eigenvalue weighted by molar-refractivity contribution is 0.331. The first kappa shape index (κ1) is 40.5. The van der Waals surface area contributed by atoms with Crippen LogP contribution in [0, 0.1) is 0 Å². The SMILES string of the molecule is CC(C)(C)c1ccc(Nc2cc3c(cc2-c2ccc4c5cc6oc7ccccc7c6cc5n5c4c2[B]c2cc4c(cc2-5)sc2ccccc24)-c2cc4c(cc2C3(C)C)C(C)(C)CCC4(C)C)cc1. The molecule has 0 saturated carbocycles. The standard InChI is InChI=1S/C63H54BN2OS/c1-60(2,3)34-18-20-35(21-19-34)65-51-32-47-40(41-27-48-49(31-46(41)63(47,8)9)62(6,7)25-24-61(48,4)5)26-42(51)38-22-23-39-43-30-55-44(36-14-10-12-16-54(36)67-55)29-52(43)66-53-33-57-45(28-50(53)64-58(38)59(39)66)37-15-11-13-17-56(37)68-57/h10-23,26-33,65H,24-25H2,1-9H3. The largest absolute Gasteiger partial charge is 0.456 e. The number of fused-ring (bicyclic) bond motifs is 15. The molecule has 14 rings (SSSR count). The van der Waals surface area contributed by atoms with Gasteiger partial charge < -0.3 is 14.3 Å². The summed E-state index contributed by atoms with van der Waals surface area (Å²) in [6.45, 7) is 21.6. The first-order valence-corrected chi connectivity index (χ1v) is 25.3. The van der Waals surface area contributed by atoms with E-state index in [0.29, 0.717) is 0 Å². The number of para-hydroxylation sites is 1. The molecule has 3 nitrogen and oxygen atoms in total. The predicted molar refractivity (Wildman–Crippen MR) is 293 cm³/mol. The third-order valence-corrected chi connectivity index (χ3v) is 17.8. The van der Waals surface area contributed by atoms with Crippen molar-refractivity contribution in [3.05, 3.63) is 161 Å². The van der Waals surface area contributed by atoms with Gasteiger partial charge in [0.05, 0.1) is 5.52 Å². The van der Waals surface area contributed by atoms with Gasteiger partial charge in [0.25, 0.3) is 0 Å². The maximum atomic E-state index is 6.57. The molecule has 1 aliphatic heterocycles. The van der Waals surface area contributed by atoms with Crippen LogP contribution in [-0.2, 0) is 21.7 Å². The number of aromatic nitrogens is 1. The van der Waals surface area contributed by atoms with Crippen LogP contribution in [0.25, 0.3) is 91.9 Å². The van der Waals surface area contributed by atoms with Crippen LogP contribution in [0.3, 0.4) is 0 Å². The summed E-state index contributed by atoms with van der Waals surface area (Å²) in [7, 11) is 2.49. The number of hydrogen-bond acceptors (Lipinski definition) is 3. The Hall–Kier alpha value is -6.56. The number of hydrogen-bond donors (Lipinski definition) is 1. The molecule has 0 spiro atoms. The van der Waals surface area contributed by atoms with E-state index < -0.39 is 0 Å². The topological polar surface area (TPSA) is 30.1 Å². The third kappa shape index (κ3) is 5.54. The normalized spacial score (nSPS) is 16.4. The number of nitrogens with zero attached hydrogens (tertiary/aromatic N) is 1. The number of nitrogens with one attached hydrogen (secondary N) is 1. The smallest absolute Gasteiger partial charge is 0.197 e. The number of rotatable bonds is 3. The summed E-state index contributed by atoms with van der Waals surface area (Å²) in [4.78, 5) is 0. The lowest BCUT2D eigenvalue weighted by Crippen LogP contribution is -2.37. The molecule has 0 saturated heterocycles. The number of benzene rings is 8. The van der Waals surface area contributed by atoms with Crippen molar-refractivity contribution >= 4 is 105 Å². The van der Waals surface area contributed by atoms with Gasteiger partial charge in [-0.15, -0.1) is 11.3 Å². The van der Waals surface area contributed by atoms with Gasteiger partial charge in [-0.05, 0) is 145 Å². The van der Waals surface area contributed by atoms with Crippen molar-refractivity contribution in [1.29, 1.82) is 0 Å². The van der Waals surface area contributed by atoms with Gasteiger partial charge in [-0.2, -0.15) is 0 Å². The Morgan fingerprint density at radius 1 is 0.559 bits per heavy atom. The van der Waals surface area contributed by atoms with Gasteiger partial charge in [0.2, 0.25) is 0 Å². The van der Waals surface area contributed by atoms with Crippen molar-refractivity contribution < 1.29 is 4.42 Å². The van der Waals surface area contributed by atoms with Gasteiger partial charge in [0, 0.05) is 69.9 Å². The molecule has 0 fully saturated rings. The number of furan rings is 1. The van der Waals surface area contributed by atoms with E-state index in [1.807, 2.05) is 11.3 Å². The molecule has 3 aliphatic rings. The molecule has 8 aromatic carbocycles. The third-order valence-electron chi connectivity index (χ3n) is 16.6. The summed E-state index contributed by atoms with van der Waals surface area (Å²) in [6.07, 6.45) is 2.39. The van der Waals surface area contributed by atoms with Gasteiger partial charge >= 0.3 is 0 Å². The number of thiophene rings is 1. The maximum Gasteiger partial charge on any atom is 0.197 e. The first-order valence-electron chi connectivity index (χ1n) is 24.5. The van der Waals surface area contributed by atoms with E-state index in [1.165, 1.54) is 122 Å². The lowest BCUT2D eigenvalue weighted by atomic mass is 9.59. The monoisotopic (exact) mass is 897 g/mol. The predicted octanol–water partition coefficient (Wildman–Crippen LogP) is 16.4. The van der Waals surface area contributed by atoms with Gasteiger partial charge in [0.1, 0.15) is 11.2 Å². The molecular weight excluding hydrogens is 844 g/mol. The fraction of sp³-hybridized carbons (Fsp3) is 0.238. The highest BCUT2D eigenvalue weighted by Crippen LogP contribution is 2.56. The Balaban J connectivity index is 1.06. The van der Waals surface area contributed by atoms with Crippen molar-refractivity contribution in [3.8, 4) is 27.9 Å². The molecule has 2 aliphatic carbocycles. The Bertz CT molecular complexity index is 4030. The van der Waals surface area contributed by atoms with E-state index in [0.717, 1.165) is 33.3 Å². The van der Waals surface area contributed by atoms with E-state index >= 15 is 0 Å². The fourth-order valence-electron chi connectivity index (χ4n) is 12.6. The Morgan fingerprint density at radius 2 is 1.26 bits per heavy atom. The Kier molecular flexibility index (Phi) is 7.96. The molecule has 11 aromatic rings. The second-order valence-corrected chi connectivity index (χ2v) is 24.2. The number of anilines is 2. The van der Waals surface area contributed by atoms with Crippen LogP contribution in [0.1, 0.15) is 103 Å². The Labute approximate surface area is 403 Å². The summed E-state index contributed by atoms with van der Waals surface area (Å²) in [5.74, 6) is 0. The molecule has 1 N–H and O–H groups in total. The molecule has 331 valence electrons. The van der Waals surface area contributed by atoms with Gasteiger partial charge in [-0.25, -0.2) is 0 Å². The molecule has 1 radical (unpaired) electrons. The van der Waals surface area contributed by atoms with Crippen LogP contribution in [0.2, 0.25) is 0 Å². The fourth-order valence-corrected chi connectivity index (χ4v) is 13.7. The molecule has 0 bridgehead atoms. The van der Waals surface area contributed by atoms with Gasteiger partial charge in [-0.3, -0.25) is 0 Å². The summed E-state index contributed by atoms with van der Waals surface area (Å²) >= 11 is 1.89. The van der Waals surface area contributed by atoms with Crippen molar-refractivity contribution in [2.75, 3.05) is 5.32 Å². The van der Waals surface area contributed by atoms with E-state index in [-0.39, 0.29) is 21.7 Å². The molecular formula is C63H54BN2OS. The zero-order valence-corrected chi connectivity index (χ0v) is 41.3. The van der Waals surface area contributed by atoms with Crippen LogP contribution in [0.5, 0.6) is 0 Å². The van der Waals surface area contributed by atoms with E-state index in [2.05, 4.69) is 213 Å². The highest BCUT2D eigenvalue weighted by atomic mass is 32.1. The highest BCUT2D eigenvalue weighted by Gasteiger charge is 2.43. The van der Waals surface area contributed by atoms with E-state index in [4.69, 9.17) is 4.42 Å². The molecule has 0 unspecified atom stereocenters. The average molecular weight is 898 g/mol. The highest BCUT2D eigenvalue weighted by molar-refractivity contribution is 7.25. The van der Waals surface area contributed by atoms with Crippen molar-refractivity contribution in [2.45, 2.75) is 96.8 Å². The first-order chi connectivity index (χ1) is 32.5. The second kappa shape index (κ2) is 13.4. The van der Waals surface area contributed by atoms with Crippen molar-refractivity contribution in [2.24, 2.45) is 0 Å². The average Bonchev–Trinajstić information content (AvgIpc) is 4.02. The van der Waals surface area contributed by atoms with Crippen LogP contribution in [-0.4, -0.2) is 11.8 Å². The quantitative estimate of drug-likeness (QED) is 0.179. The minimum atomic E-state index is -0.187. The molecule has 68 heavy (non-hydrogen) atoms. The summed E-state index contributed by atoms with van der Waals surface area (Å²) in [5.41, 5.74) is 22.6. The summed E-state index contributed by atoms with van der Waals surface area (Å²) in [5, 5.41) is 11.4. The molecule has 5 heteroatoms. The lowest BCUT2D eigenvalue weighted by Gasteiger charge is -2.42. The van der Waals surface area contributed by atoms with Crippen LogP contribution in [0.15, 0.2) is 138 Å². The molecule has 0 atom stereocenters. The van der Waals surface area contributed by atoms with E-state index in [1.54, 1.807) is 0 Å². The van der Waals surface area contributed by atoms with Gasteiger partial charge in [0.15, 0.2) is 7.28 Å². The maximum absolute atomic E-state index is 6.57. The molecule has 4 heterocycles. The molecule has 0 amide bonds. The second-order valence-electron chi connectivity index (χ2n) is 23.1. The minimum absolute atomic E-state index is 0.0640. The van der Waals surface area contributed by atoms with Crippen molar-refractivity contribution in [1.82, 2.24) is 4.57 Å². The van der Waals surface area contributed by atoms with Crippen LogP contribution < -0.4 is 16.2 Å². The summed E-state index contributed by atoms with van der Waals surface area (Å²) in [6, 6.07) is 51.0. The minimum Gasteiger partial charge on any atom is -0.456 e. The zero-order valence-electron chi connectivity index (χ0n) is 40.5. The van der Waals surface area contributed by atoms with Gasteiger partial charge in [-0.1, -0.05) is 141 Å². The Morgan fingerprint density at radius 3 is 2.04 bits per heavy atom. The van der Waals surface area contributed by atoms with Crippen molar-refractivity contribution in [3.63, 3.8) is 0 Å². The summed E-state index contributed by atoms with van der Waals surface area (Å²) < 4.78 is 11.8. The van der Waals surface area contributed by atoms with E-state index in [9.17, 15) is 0 Å². The van der Waals surface area contributed by atoms with Crippen LogP contribution in [0.4, 0.5) is 11.4 Å². The van der Waals surface area contributed by atoms with Crippen LogP contribution >= 0.6 is 11.3 Å². The molecule has 3 aromatic heterocycles.